The Morgan fingerprint density at radius 2 is 1.23 bits per heavy atom. The summed E-state index contributed by atoms with van der Waals surface area (Å²) in [6.07, 6.45) is 0. The van der Waals surface area contributed by atoms with Gasteiger partial charge in [-0.3, -0.25) is 0 Å². The summed E-state index contributed by atoms with van der Waals surface area (Å²) < 4.78 is 14.3. The zero-order valence-electron chi connectivity index (χ0n) is 15.0. The van der Waals surface area contributed by atoms with E-state index in [1.807, 2.05) is 96.5 Å². The van der Waals surface area contributed by atoms with Crippen LogP contribution in [-0.2, 0) is 0 Å². The second-order valence-electron chi connectivity index (χ2n) is 5.86. The first-order chi connectivity index (χ1) is 10.2. The highest BCUT2D eigenvalue weighted by Crippen LogP contribution is 2.57. The summed E-state index contributed by atoms with van der Waals surface area (Å²) in [6, 6.07) is 10.0. The molecule has 0 spiro atoms. The fourth-order valence-corrected chi connectivity index (χ4v) is 4.60. The van der Waals surface area contributed by atoms with Crippen LogP contribution in [0.2, 0.25) is 0 Å². The van der Waals surface area contributed by atoms with Crippen LogP contribution in [-0.4, -0.2) is 81.5 Å². The highest BCUT2D eigenvalue weighted by atomic mass is 31.2. The predicted molar refractivity (Wildman–Crippen MR) is 97.6 cm³/mol. The van der Waals surface area contributed by atoms with E-state index in [1.165, 1.54) is 0 Å². The van der Waals surface area contributed by atoms with Crippen molar-refractivity contribution >= 4 is 19.2 Å². The molecule has 6 nitrogen and oxygen atoms in total. The molecule has 0 atom stereocenters. The van der Waals surface area contributed by atoms with Crippen molar-refractivity contribution in [1.82, 2.24) is 19.1 Å². The van der Waals surface area contributed by atoms with Crippen LogP contribution in [0.1, 0.15) is 0 Å². The molecule has 1 aromatic carbocycles. The topological polar surface area (TPSA) is 37.7 Å². The average Bonchev–Trinajstić information content (AvgIpc) is 2.42. The van der Waals surface area contributed by atoms with E-state index < -0.39 is 7.51 Å². The van der Waals surface area contributed by atoms with Crippen LogP contribution >= 0.6 is 7.51 Å². The Kier molecular flexibility index (Phi) is 6.60. The summed E-state index contributed by atoms with van der Waals surface area (Å²) in [5.41, 5.74) is 0.943. The van der Waals surface area contributed by atoms with Crippen molar-refractivity contribution in [3.05, 3.63) is 30.3 Å². The van der Waals surface area contributed by atoms with Crippen LogP contribution < -0.4 is 0 Å². The Labute approximate surface area is 135 Å². The monoisotopic (exact) mass is 324 g/mol. The maximum absolute atomic E-state index is 5.07. The van der Waals surface area contributed by atoms with Crippen molar-refractivity contribution in [3.8, 4) is 0 Å². The van der Waals surface area contributed by atoms with E-state index >= 15 is 0 Å². The summed E-state index contributed by atoms with van der Waals surface area (Å²) in [5, 5.41) is 0. The minimum atomic E-state index is -2.23. The second kappa shape index (κ2) is 7.77. The van der Waals surface area contributed by atoms with Crippen LogP contribution in [0.3, 0.4) is 0 Å². The lowest BCUT2D eigenvalue weighted by Gasteiger charge is -2.35. The van der Waals surface area contributed by atoms with Gasteiger partial charge in [0.2, 0.25) is 13.5 Å². The highest BCUT2D eigenvalue weighted by Gasteiger charge is 2.27. The fourth-order valence-electron chi connectivity index (χ4n) is 2.09. The van der Waals surface area contributed by atoms with E-state index in [-0.39, 0.29) is 0 Å². The molecule has 1 rings (SSSR count). The first kappa shape index (κ1) is 18.7. The summed E-state index contributed by atoms with van der Waals surface area (Å²) >= 11 is 0. The molecule has 0 aliphatic carbocycles. The number of hydrogen-bond acceptors (Lipinski definition) is 1. The molecule has 0 radical (unpaired) electrons. The predicted octanol–water partition coefficient (Wildman–Crippen LogP) is 2.87. The van der Waals surface area contributed by atoms with Gasteiger partial charge in [-0.2, -0.15) is 4.76 Å². The molecule has 124 valence electrons. The van der Waals surface area contributed by atoms with Crippen molar-refractivity contribution in [3.63, 3.8) is 0 Å². The van der Waals surface area contributed by atoms with Crippen molar-refractivity contribution < 1.29 is 0 Å². The second-order valence-corrected chi connectivity index (χ2v) is 8.93. The number of rotatable bonds is 4. The molecule has 7 heteroatoms. The molecule has 0 saturated carbocycles. The van der Waals surface area contributed by atoms with Crippen LogP contribution in [0.5, 0.6) is 0 Å². The molecule has 0 N–H and O–H groups in total. The molecular formula is C15H29N6P. The third kappa shape index (κ3) is 4.32. The quantitative estimate of drug-likeness (QED) is 0.485. The Morgan fingerprint density at radius 3 is 1.59 bits per heavy atom. The Balaban J connectivity index is 3.60. The Morgan fingerprint density at radius 1 is 0.773 bits per heavy atom. The van der Waals surface area contributed by atoms with Gasteiger partial charge in [-0.15, -0.1) is 0 Å². The van der Waals surface area contributed by atoms with Gasteiger partial charge >= 0.3 is 0 Å². The van der Waals surface area contributed by atoms with Gasteiger partial charge in [0.25, 0.3) is 0 Å². The molecule has 0 aromatic heterocycles. The minimum absolute atomic E-state index is 0.899. The molecule has 0 heterocycles. The Hall–Kier alpha value is -1.36. The molecule has 0 fully saturated rings. The third-order valence-electron chi connectivity index (χ3n) is 3.10. The zero-order valence-corrected chi connectivity index (χ0v) is 15.9. The van der Waals surface area contributed by atoms with E-state index in [0.717, 1.165) is 11.6 Å². The van der Waals surface area contributed by atoms with E-state index in [0.29, 0.717) is 0 Å². The molecule has 0 aliphatic heterocycles. The van der Waals surface area contributed by atoms with Gasteiger partial charge in [-0.25, -0.2) is 14.1 Å². The van der Waals surface area contributed by atoms with Gasteiger partial charge in [0, 0.05) is 28.2 Å². The molecule has 1 aromatic rings. The normalized spacial score (nSPS) is 11.5. The van der Waals surface area contributed by atoms with Gasteiger partial charge in [0.15, 0.2) is 0 Å². The number of hydrogen-bond donors (Lipinski definition) is 0. The first-order valence-electron chi connectivity index (χ1n) is 7.18. The number of nitrogens with zero attached hydrogens (tertiary/aromatic N) is 6. The Bertz CT molecular complexity index is 526. The lowest BCUT2D eigenvalue weighted by Crippen LogP contribution is -2.36. The summed E-state index contributed by atoms with van der Waals surface area (Å²) in [5.74, 6) is 0.899. The molecular weight excluding hydrogens is 295 g/mol. The van der Waals surface area contributed by atoms with Gasteiger partial charge in [0.1, 0.15) is 0 Å². The summed E-state index contributed by atoms with van der Waals surface area (Å²) in [6.45, 7) is 0. The van der Waals surface area contributed by atoms with E-state index in [2.05, 4.69) is 9.34 Å². The minimum Gasteiger partial charge on any atom is -0.349 e. The maximum Gasteiger partial charge on any atom is 0.218 e. The van der Waals surface area contributed by atoms with Gasteiger partial charge in [0.05, 0.1) is 5.69 Å². The number of benzene rings is 1. The largest absolute Gasteiger partial charge is 0.349 e. The van der Waals surface area contributed by atoms with Crippen molar-refractivity contribution in [1.29, 1.82) is 0 Å². The first-order valence-corrected chi connectivity index (χ1v) is 8.78. The van der Waals surface area contributed by atoms with Crippen molar-refractivity contribution in [2.75, 3.05) is 56.4 Å². The van der Waals surface area contributed by atoms with Gasteiger partial charge in [-0.1, -0.05) is 18.2 Å². The van der Waals surface area contributed by atoms with Crippen LogP contribution in [0, 0.1) is 0 Å². The molecule has 0 unspecified atom stereocenters. The van der Waals surface area contributed by atoms with Crippen molar-refractivity contribution in [2.24, 2.45) is 9.51 Å². The van der Waals surface area contributed by atoms with E-state index in [9.17, 15) is 0 Å². The molecule has 0 saturated heterocycles. The van der Waals surface area contributed by atoms with Crippen LogP contribution in [0.15, 0.2) is 39.8 Å². The van der Waals surface area contributed by atoms with E-state index in [1.54, 1.807) is 0 Å². The van der Waals surface area contributed by atoms with Crippen LogP contribution in [0.4, 0.5) is 5.69 Å². The van der Waals surface area contributed by atoms with Crippen LogP contribution in [0.25, 0.3) is 0 Å². The molecule has 22 heavy (non-hydrogen) atoms. The standard InChI is InChI=1S/C15H29N6P/c1-18(2)15(19(3)4)17-22(20(5)6,21(7)8)16-14-12-10-9-11-13-14/h9-13H,1-8H3. The van der Waals surface area contributed by atoms with Gasteiger partial charge < -0.3 is 9.80 Å². The molecule has 0 aliphatic rings. The smallest absolute Gasteiger partial charge is 0.218 e. The SMILES string of the molecule is CN(C)C(=NP(=Nc1ccccc1)(N(C)C)N(C)C)N(C)C. The zero-order chi connectivity index (χ0) is 16.9. The number of guanidine groups is 1. The summed E-state index contributed by atoms with van der Waals surface area (Å²) in [4.78, 5) is 4.03. The lowest BCUT2D eigenvalue weighted by molar-refractivity contribution is 0.481. The lowest BCUT2D eigenvalue weighted by atomic mass is 10.3. The average molecular weight is 324 g/mol. The molecule has 0 amide bonds. The molecule has 0 bridgehead atoms. The summed E-state index contributed by atoms with van der Waals surface area (Å²) in [7, 11) is 13.9. The fraction of sp³-hybridized carbons (Fsp3) is 0.533. The van der Waals surface area contributed by atoms with Crippen molar-refractivity contribution in [2.45, 2.75) is 0 Å². The highest BCUT2D eigenvalue weighted by molar-refractivity contribution is 7.60. The van der Waals surface area contributed by atoms with E-state index in [4.69, 9.17) is 9.51 Å². The third-order valence-corrected chi connectivity index (χ3v) is 6.20. The van der Waals surface area contributed by atoms with Gasteiger partial charge in [-0.05, 0) is 40.3 Å². The maximum atomic E-state index is 5.07.